The largest absolute Gasteiger partial charge is 0.455 e. The Morgan fingerprint density at radius 3 is 1.34 bits per heavy atom. The molecule has 0 amide bonds. The molecule has 10 aromatic rings. The average molecular weight is 642 g/mol. The minimum absolute atomic E-state index is 0.588. The van der Waals surface area contributed by atoms with Crippen molar-refractivity contribution in [1.29, 1.82) is 0 Å². The Bertz CT molecular complexity index is 2810. The molecular formula is C45H27N3O2. The molecule has 3 heterocycles. The highest BCUT2D eigenvalue weighted by molar-refractivity contribution is 6.13. The van der Waals surface area contributed by atoms with Crippen LogP contribution in [0.1, 0.15) is 0 Å². The summed E-state index contributed by atoms with van der Waals surface area (Å²) in [7, 11) is 0. The molecule has 0 aliphatic carbocycles. The van der Waals surface area contributed by atoms with Crippen LogP contribution < -0.4 is 0 Å². The summed E-state index contributed by atoms with van der Waals surface area (Å²) in [5, 5.41) is 4.29. The van der Waals surface area contributed by atoms with E-state index in [-0.39, 0.29) is 0 Å². The first kappa shape index (κ1) is 28.2. The van der Waals surface area contributed by atoms with Gasteiger partial charge >= 0.3 is 0 Å². The monoisotopic (exact) mass is 641 g/mol. The molecule has 0 atom stereocenters. The zero-order valence-electron chi connectivity index (χ0n) is 26.7. The van der Waals surface area contributed by atoms with Crippen LogP contribution in [-0.4, -0.2) is 15.0 Å². The van der Waals surface area contributed by atoms with Crippen molar-refractivity contribution in [3.8, 4) is 56.4 Å². The van der Waals surface area contributed by atoms with Crippen molar-refractivity contribution in [3.63, 3.8) is 0 Å². The van der Waals surface area contributed by atoms with Gasteiger partial charge in [-0.15, -0.1) is 0 Å². The molecule has 3 aromatic heterocycles. The van der Waals surface area contributed by atoms with Crippen LogP contribution in [0.25, 0.3) is 100 Å². The first-order valence-corrected chi connectivity index (χ1v) is 16.6. The van der Waals surface area contributed by atoms with Gasteiger partial charge in [0.25, 0.3) is 0 Å². The molecule has 0 N–H and O–H groups in total. The van der Waals surface area contributed by atoms with Gasteiger partial charge in [0.1, 0.15) is 22.3 Å². The lowest BCUT2D eigenvalue weighted by Gasteiger charge is -2.11. The number of hydrogen-bond donors (Lipinski definition) is 0. The Morgan fingerprint density at radius 1 is 0.300 bits per heavy atom. The summed E-state index contributed by atoms with van der Waals surface area (Å²) in [6.45, 7) is 0. The van der Waals surface area contributed by atoms with Crippen LogP contribution in [0.2, 0.25) is 0 Å². The maximum Gasteiger partial charge on any atom is 0.164 e. The third-order valence-corrected chi connectivity index (χ3v) is 9.37. The molecule has 0 radical (unpaired) electrons. The number of benzene rings is 7. The number of aromatic nitrogens is 3. The highest BCUT2D eigenvalue weighted by Crippen LogP contribution is 2.43. The van der Waals surface area contributed by atoms with Gasteiger partial charge in [-0.1, -0.05) is 146 Å². The van der Waals surface area contributed by atoms with Crippen LogP contribution in [0.15, 0.2) is 173 Å². The summed E-state index contributed by atoms with van der Waals surface area (Å²) >= 11 is 0. The molecule has 5 nitrogen and oxygen atoms in total. The smallest absolute Gasteiger partial charge is 0.164 e. The fraction of sp³-hybridized carbons (Fsp3) is 0. The van der Waals surface area contributed by atoms with E-state index in [9.17, 15) is 0 Å². The number of furan rings is 2. The highest BCUT2D eigenvalue weighted by atomic mass is 16.3. The van der Waals surface area contributed by atoms with E-state index in [1.807, 2.05) is 78.9 Å². The van der Waals surface area contributed by atoms with Crippen molar-refractivity contribution in [3.05, 3.63) is 164 Å². The molecule has 7 aromatic carbocycles. The number of para-hydroxylation sites is 3. The second-order valence-corrected chi connectivity index (χ2v) is 12.4. The maximum atomic E-state index is 6.76. The predicted molar refractivity (Wildman–Crippen MR) is 202 cm³/mol. The van der Waals surface area contributed by atoms with E-state index in [2.05, 4.69) is 84.9 Å². The van der Waals surface area contributed by atoms with E-state index in [1.165, 1.54) is 0 Å². The quantitative estimate of drug-likeness (QED) is 0.187. The van der Waals surface area contributed by atoms with Crippen LogP contribution in [0, 0.1) is 0 Å². The van der Waals surface area contributed by atoms with Crippen LogP contribution >= 0.6 is 0 Å². The van der Waals surface area contributed by atoms with Crippen molar-refractivity contribution in [1.82, 2.24) is 15.0 Å². The highest BCUT2D eigenvalue weighted by Gasteiger charge is 2.19. The van der Waals surface area contributed by atoms with Gasteiger partial charge in [0.05, 0.1) is 0 Å². The van der Waals surface area contributed by atoms with Crippen LogP contribution in [-0.2, 0) is 0 Å². The van der Waals surface area contributed by atoms with Gasteiger partial charge < -0.3 is 8.83 Å². The molecule has 5 heteroatoms. The van der Waals surface area contributed by atoms with E-state index < -0.39 is 0 Å². The lowest BCUT2D eigenvalue weighted by Crippen LogP contribution is -2.00. The Balaban J connectivity index is 1.13. The summed E-state index contributed by atoms with van der Waals surface area (Å²) in [4.78, 5) is 14.7. The number of hydrogen-bond acceptors (Lipinski definition) is 5. The third kappa shape index (κ3) is 4.60. The molecular weight excluding hydrogens is 615 g/mol. The van der Waals surface area contributed by atoms with Crippen LogP contribution in [0.4, 0.5) is 0 Å². The summed E-state index contributed by atoms with van der Waals surface area (Å²) in [5.41, 5.74) is 10.3. The third-order valence-electron chi connectivity index (χ3n) is 9.37. The predicted octanol–water partition coefficient (Wildman–Crippen LogP) is 12.0. The summed E-state index contributed by atoms with van der Waals surface area (Å²) in [5.74, 6) is 1.83. The Hall–Kier alpha value is -6.85. The second-order valence-electron chi connectivity index (χ2n) is 12.4. The van der Waals surface area contributed by atoms with Gasteiger partial charge in [0.2, 0.25) is 0 Å². The van der Waals surface area contributed by atoms with E-state index >= 15 is 0 Å². The van der Waals surface area contributed by atoms with E-state index in [0.717, 1.165) is 82.8 Å². The van der Waals surface area contributed by atoms with E-state index in [0.29, 0.717) is 17.5 Å². The number of fused-ring (bicyclic) bond motifs is 6. The lowest BCUT2D eigenvalue weighted by molar-refractivity contribution is 0.669. The summed E-state index contributed by atoms with van der Waals surface area (Å²) in [6, 6.07) is 55.6. The van der Waals surface area contributed by atoms with Crippen molar-refractivity contribution >= 4 is 43.9 Å². The molecule has 0 bridgehead atoms. The minimum atomic E-state index is 0.588. The van der Waals surface area contributed by atoms with Crippen molar-refractivity contribution in [2.75, 3.05) is 0 Å². The molecule has 0 spiro atoms. The normalized spacial score (nSPS) is 11.6. The molecule has 0 aliphatic heterocycles. The SMILES string of the molecule is c1ccc(-c2nc(-c3ccccc3)nc(-c3ccc4c(c3)oc3c(-c5ccccc5-c5cccc6c5oc5ccccc56)cccc34)n2)cc1. The molecule has 0 fully saturated rings. The molecule has 0 saturated heterocycles. The summed E-state index contributed by atoms with van der Waals surface area (Å²) < 4.78 is 13.2. The van der Waals surface area contributed by atoms with Crippen molar-refractivity contribution in [2.24, 2.45) is 0 Å². The molecule has 50 heavy (non-hydrogen) atoms. The first-order valence-electron chi connectivity index (χ1n) is 16.6. The van der Waals surface area contributed by atoms with Crippen LogP contribution in [0.5, 0.6) is 0 Å². The lowest BCUT2D eigenvalue weighted by atomic mass is 9.92. The van der Waals surface area contributed by atoms with Gasteiger partial charge in [-0.2, -0.15) is 0 Å². The molecule has 0 saturated carbocycles. The Morgan fingerprint density at radius 2 is 0.740 bits per heavy atom. The summed E-state index contributed by atoms with van der Waals surface area (Å²) in [6.07, 6.45) is 0. The second kappa shape index (κ2) is 11.4. The Kier molecular flexibility index (Phi) is 6.42. The minimum Gasteiger partial charge on any atom is -0.455 e. The molecule has 234 valence electrons. The van der Waals surface area contributed by atoms with E-state index in [4.69, 9.17) is 23.8 Å². The van der Waals surface area contributed by atoms with Gasteiger partial charge in [-0.05, 0) is 29.3 Å². The standard InChI is InChI=1S/C45H27N3O2/c1-3-13-28(14-4-1)43-46-44(29-15-5-2-6-16-29)48-45(47-43)30-25-26-34-38-23-12-21-36(42(38)50-40(34)27-30)32-18-8-7-17-31(32)35-20-11-22-37-33-19-9-10-24-39(33)49-41(35)37/h1-27H. The van der Waals surface area contributed by atoms with Gasteiger partial charge in [0, 0.05) is 49.4 Å². The average Bonchev–Trinajstić information content (AvgIpc) is 3.77. The fourth-order valence-electron chi connectivity index (χ4n) is 7.00. The number of rotatable bonds is 5. The van der Waals surface area contributed by atoms with Crippen LogP contribution in [0.3, 0.4) is 0 Å². The van der Waals surface area contributed by atoms with Gasteiger partial charge in [-0.3, -0.25) is 0 Å². The van der Waals surface area contributed by atoms with Crippen molar-refractivity contribution in [2.45, 2.75) is 0 Å². The van der Waals surface area contributed by atoms with Gasteiger partial charge in [0.15, 0.2) is 17.5 Å². The molecule has 0 unspecified atom stereocenters. The maximum absolute atomic E-state index is 6.76. The van der Waals surface area contributed by atoms with E-state index in [1.54, 1.807) is 0 Å². The zero-order chi connectivity index (χ0) is 33.0. The zero-order valence-corrected chi connectivity index (χ0v) is 26.7. The number of nitrogens with zero attached hydrogens (tertiary/aromatic N) is 3. The Labute approximate surface area is 287 Å². The topological polar surface area (TPSA) is 65.0 Å². The van der Waals surface area contributed by atoms with Gasteiger partial charge in [-0.25, -0.2) is 15.0 Å². The fourth-order valence-corrected chi connectivity index (χ4v) is 7.00. The first-order chi connectivity index (χ1) is 24.8. The molecule has 0 aliphatic rings. The van der Waals surface area contributed by atoms with Crippen molar-refractivity contribution < 1.29 is 8.83 Å². The molecule has 10 rings (SSSR count).